The highest BCUT2D eigenvalue weighted by molar-refractivity contribution is 6.30. The maximum Gasteiger partial charge on any atom is 0.137 e. The minimum absolute atomic E-state index is 0.320. The van der Waals surface area contributed by atoms with Crippen LogP contribution in [0, 0.1) is 5.41 Å². The van der Waals surface area contributed by atoms with Gasteiger partial charge in [0, 0.05) is 11.6 Å². The van der Waals surface area contributed by atoms with E-state index in [0.29, 0.717) is 16.6 Å². The number of nitrogens with one attached hydrogen (secondary N) is 1. The first-order valence-corrected chi connectivity index (χ1v) is 7.18. The molecule has 3 nitrogen and oxygen atoms in total. The second-order valence-electron chi connectivity index (χ2n) is 5.78. The molecule has 0 radical (unpaired) electrons. The Balaban J connectivity index is 2.20. The van der Waals surface area contributed by atoms with Gasteiger partial charge in [0.15, 0.2) is 0 Å². The Morgan fingerprint density at radius 1 is 1.39 bits per heavy atom. The largest absolute Gasteiger partial charge is 0.366 e. The van der Waals surface area contributed by atoms with Crippen LogP contribution in [0.5, 0.6) is 0 Å². The van der Waals surface area contributed by atoms with E-state index in [1.54, 1.807) is 6.33 Å². The maximum atomic E-state index is 6.13. The standard InChI is InChI=1S/C14H22ClN3/c1-4-10-12(15)16-9-17-13(10)18-11-7-5-6-8-14(11,2)3/h9,11H,4-8H2,1-3H3,(H,16,17,18). The van der Waals surface area contributed by atoms with E-state index in [4.69, 9.17) is 11.6 Å². The first-order valence-electron chi connectivity index (χ1n) is 6.80. The Morgan fingerprint density at radius 3 is 2.83 bits per heavy atom. The van der Waals surface area contributed by atoms with Gasteiger partial charge in [-0.3, -0.25) is 0 Å². The number of hydrogen-bond acceptors (Lipinski definition) is 3. The Bertz CT molecular complexity index is 418. The van der Waals surface area contributed by atoms with Crippen LogP contribution in [0.3, 0.4) is 0 Å². The van der Waals surface area contributed by atoms with Crippen molar-refractivity contribution in [2.75, 3.05) is 5.32 Å². The fourth-order valence-corrected chi connectivity index (χ4v) is 3.02. The van der Waals surface area contributed by atoms with Crippen LogP contribution >= 0.6 is 11.6 Å². The number of hydrogen-bond donors (Lipinski definition) is 1. The fraction of sp³-hybridized carbons (Fsp3) is 0.714. The maximum absolute atomic E-state index is 6.13. The van der Waals surface area contributed by atoms with E-state index < -0.39 is 0 Å². The average Bonchev–Trinajstić information content (AvgIpc) is 2.32. The molecule has 0 saturated heterocycles. The molecule has 2 rings (SSSR count). The lowest BCUT2D eigenvalue weighted by Gasteiger charge is -2.39. The molecule has 4 heteroatoms. The number of aromatic nitrogens is 2. The van der Waals surface area contributed by atoms with Gasteiger partial charge in [0.1, 0.15) is 17.3 Å². The van der Waals surface area contributed by atoms with Gasteiger partial charge in [0.25, 0.3) is 0 Å². The van der Waals surface area contributed by atoms with Crippen molar-refractivity contribution in [3.8, 4) is 0 Å². The molecule has 18 heavy (non-hydrogen) atoms. The van der Waals surface area contributed by atoms with Crippen molar-refractivity contribution in [1.29, 1.82) is 0 Å². The smallest absolute Gasteiger partial charge is 0.137 e. The fourth-order valence-electron chi connectivity index (χ4n) is 2.76. The molecular weight excluding hydrogens is 246 g/mol. The summed E-state index contributed by atoms with van der Waals surface area (Å²) >= 11 is 6.13. The Kier molecular flexibility index (Phi) is 4.10. The molecule has 100 valence electrons. The highest BCUT2D eigenvalue weighted by atomic mass is 35.5. The van der Waals surface area contributed by atoms with Crippen molar-refractivity contribution in [2.45, 2.75) is 58.9 Å². The third kappa shape index (κ3) is 2.77. The lowest BCUT2D eigenvalue weighted by Crippen LogP contribution is -2.39. The summed E-state index contributed by atoms with van der Waals surface area (Å²) in [5, 5.41) is 4.17. The SMILES string of the molecule is CCc1c(Cl)ncnc1NC1CCCCC1(C)C. The molecule has 1 unspecified atom stereocenters. The van der Waals surface area contributed by atoms with Crippen molar-refractivity contribution in [3.63, 3.8) is 0 Å². The molecule has 1 aromatic heterocycles. The van der Waals surface area contributed by atoms with Crippen LogP contribution in [-0.4, -0.2) is 16.0 Å². The molecule has 1 heterocycles. The van der Waals surface area contributed by atoms with Gasteiger partial charge in [0.05, 0.1) is 0 Å². The van der Waals surface area contributed by atoms with E-state index in [2.05, 4.69) is 36.1 Å². The summed E-state index contributed by atoms with van der Waals surface area (Å²) < 4.78 is 0. The molecule has 1 N–H and O–H groups in total. The number of rotatable bonds is 3. The van der Waals surface area contributed by atoms with E-state index in [-0.39, 0.29) is 0 Å². The molecule has 1 fully saturated rings. The third-order valence-electron chi connectivity index (χ3n) is 4.06. The van der Waals surface area contributed by atoms with Crippen molar-refractivity contribution in [3.05, 3.63) is 17.0 Å². The molecule has 1 atom stereocenters. The van der Waals surface area contributed by atoms with Crippen molar-refractivity contribution < 1.29 is 0 Å². The molecule has 1 aromatic rings. The molecule has 0 spiro atoms. The lowest BCUT2D eigenvalue weighted by atomic mass is 9.73. The second kappa shape index (κ2) is 5.43. The summed E-state index contributed by atoms with van der Waals surface area (Å²) in [5.74, 6) is 0.914. The van der Waals surface area contributed by atoms with Gasteiger partial charge in [-0.2, -0.15) is 0 Å². The summed E-state index contributed by atoms with van der Waals surface area (Å²) in [6, 6.07) is 0.475. The number of nitrogens with zero attached hydrogens (tertiary/aromatic N) is 2. The second-order valence-corrected chi connectivity index (χ2v) is 6.13. The van der Waals surface area contributed by atoms with E-state index in [1.165, 1.54) is 25.7 Å². The Morgan fingerprint density at radius 2 is 2.17 bits per heavy atom. The van der Waals surface area contributed by atoms with E-state index in [0.717, 1.165) is 17.8 Å². The zero-order chi connectivity index (χ0) is 13.2. The van der Waals surface area contributed by atoms with E-state index in [1.807, 2.05) is 0 Å². The van der Waals surface area contributed by atoms with E-state index in [9.17, 15) is 0 Å². The summed E-state index contributed by atoms with van der Waals surface area (Å²) in [5.41, 5.74) is 1.35. The molecule has 0 aromatic carbocycles. The van der Waals surface area contributed by atoms with Crippen LogP contribution in [0.25, 0.3) is 0 Å². The van der Waals surface area contributed by atoms with Gasteiger partial charge in [-0.1, -0.05) is 45.2 Å². The number of halogens is 1. The minimum atomic E-state index is 0.320. The average molecular weight is 268 g/mol. The topological polar surface area (TPSA) is 37.8 Å². The summed E-state index contributed by atoms with van der Waals surface area (Å²) in [6.45, 7) is 6.75. The molecule has 1 aliphatic rings. The van der Waals surface area contributed by atoms with Gasteiger partial charge in [0.2, 0.25) is 0 Å². The zero-order valence-electron chi connectivity index (χ0n) is 11.5. The Labute approximate surface area is 114 Å². The Hall–Kier alpha value is -0.830. The predicted octanol–water partition coefficient (Wildman–Crippen LogP) is 4.07. The first kappa shape index (κ1) is 13.6. The quantitative estimate of drug-likeness (QED) is 0.839. The zero-order valence-corrected chi connectivity index (χ0v) is 12.2. The predicted molar refractivity (Wildman–Crippen MR) is 76.1 cm³/mol. The van der Waals surface area contributed by atoms with E-state index >= 15 is 0 Å². The number of anilines is 1. The molecule has 0 bridgehead atoms. The normalized spacial score (nSPS) is 22.8. The van der Waals surface area contributed by atoms with Gasteiger partial charge < -0.3 is 5.32 Å². The van der Waals surface area contributed by atoms with Gasteiger partial charge >= 0.3 is 0 Å². The monoisotopic (exact) mass is 267 g/mol. The van der Waals surface area contributed by atoms with Crippen LogP contribution in [-0.2, 0) is 6.42 Å². The van der Waals surface area contributed by atoms with Gasteiger partial charge in [-0.05, 0) is 24.7 Å². The van der Waals surface area contributed by atoms with Gasteiger partial charge in [-0.25, -0.2) is 9.97 Å². The van der Waals surface area contributed by atoms with Gasteiger partial charge in [-0.15, -0.1) is 0 Å². The minimum Gasteiger partial charge on any atom is -0.366 e. The molecule has 1 saturated carbocycles. The highest BCUT2D eigenvalue weighted by Gasteiger charge is 2.32. The van der Waals surface area contributed by atoms with Crippen molar-refractivity contribution in [1.82, 2.24) is 9.97 Å². The van der Waals surface area contributed by atoms with Crippen molar-refractivity contribution in [2.24, 2.45) is 5.41 Å². The van der Waals surface area contributed by atoms with Crippen LogP contribution in [0.2, 0.25) is 5.15 Å². The van der Waals surface area contributed by atoms with Crippen LogP contribution in [0.15, 0.2) is 6.33 Å². The molecule has 1 aliphatic carbocycles. The molecule has 0 amide bonds. The highest BCUT2D eigenvalue weighted by Crippen LogP contribution is 2.37. The molecular formula is C14H22ClN3. The summed E-state index contributed by atoms with van der Waals surface area (Å²) in [6.07, 6.45) is 7.50. The van der Waals surface area contributed by atoms with Crippen LogP contribution in [0.4, 0.5) is 5.82 Å². The summed E-state index contributed by atoms with van der Waals surface area (Å²) in [7, 11) is 0. The third-order valence-corrected chi connectivity index (χ3v) is 4.39. The lowest BCUT2D eigenvalue weighted by molar-refractivity contribution is 0.216. The molecule has 0 aliphatic heterocycles. The first-order chi connectivity index (χ1) is 8.54. The van der Waals surface area contributed by atoms with Crippen LogP contribution < -0.4 is 5.32 Å². The summed E-state index contributed by atoms with van der Waals surface area (Å²) in [4.78, 5) is 8.42. The van der Waals surface area contributed by atoms with Crippen LogP contribution in [0.1, 0.15) is 52.0 Å². The van der Waals surface area contributed by atoms with Crippen molar-refractivity contribution >= 4 is 17.4 Å².